The molecule has 2 aliphatic heterocycles. The number of nitriles is 1. The van der Waals surface area contributed by atoms with Crippen LogP contribution in [0.5, 0.6) is 0 Å². The molecule has 2 unspecified atom stereocenters. The average molecular weight is 503 g/mol. The molecule has 4 atom stereocenters. The summed E-state index contributed by atoms with van der Waals surface area (Å²) >= 11 is 2.11. The van der Waals surface area contributed by atoms with E-state index < -0.39 is 54.6 Å². The summed E-state index contributed by atoms with van der Waals surface area (Å²) in [7, 11) is -4.10. The highest BCUT2D eigenvalue weighted by atomic mass is 32.2. The Morgan fingerprint density at radius 3 is 2.91 bits per heavy atom. The number of hydrogen-bond acceptors (Lipinski definition) is 11. The van der Waals surface area contributed by atoms with E-state index in [9.17, 15) is 28.9 Å². The number of nitrogens with zero attached hydrogens (tertiary/aromatic N) is 5. The SMILES string of the molecule is CCOP(=O)(O)CC(Sc1nn[nH]n1)C1=C(C(=O)O)N2C(=O)[C@@H](NC(=O)CC#N)[C@@H]2SC1. The number of amides is 2. The summed E-state index contributed by atoms with van der Waals surface area (Å²) < 4.78 is 17.4. The first-order chi connectivity index (χ1) is 15.2. The second kappa shape index (κ2) is 10.0. The maximum Gasteiger partial charge on any atom is 0.352 e. The summed E-state index contributed by atoms with van der Waals surface area (Å²) in [5.41, 5.74) is -0.111. The van der Waals surface area contributed by atoms with Crippen molar-refractivity contribution in [3.05, 3.63) is 11.3 Å². The van der Waals surface area contributed by atoms with Crippen molar-refractivity contribution < 1.29 is 33.5 Å². The lowest BCUT2D eigenvalue weighted by molar-refractivity contribution is -0.150. The van der Waals surface area contributed by atoms with Gasteiger partial charge in [-0.05, 0) is 17.7 Å². The van der Waals surface area contributed by atoms with Crippen LogP contribution in [-0.2, 0) is 23.5 Å². The van der Waals surface area contributed by atoms with Gasteiger partial charge in [0, 0.05) is 11.0 Å². The van der Waals surface area contributed by atoms with E-state index in [0.29, 0.717) is 0 Å². The van der Waals surface area contributed by atoms with Gasteiger partial charge >= 0.3 is 13.6 Å². The molecule has 4 N–H and O–H groups in total. The minimum absolute atomic E-state index is 0.0241. The maximum absolute atomic E-state index is 12.7. The standard InChI is InChI=1S/C15H18N7O7PS2/c1-2-29-30(27,28)5-8(32-15-18-20-21-19-15)7-6-31-13-10(17-9(23)3-4-16)12(24)22(13)11(7)14(25)26/h8,10,13H,2-3,5-6H2,1H3,(H,17,23)(H,25,26)(H,27,28)(H,18,19,20,21)/t8?,10-,13+/m1/s1. The molecule has 0 saturated carbocycles. The molecule has 32 heavy (non-hydrogen) atoms. The number of aromatic amines is 1. The largest absolute Gasteiger partial charge is 0.477 e. The molecular weight excluding hydrogens is 485 g/mol. The minimum atomic E-state index is -4.10. The van der Waals surface area contributed by atoms with Crippen molar-refractivity contribution in [3.63, 3.8) is 0 Å². The molecule has 172 valence electrons. The van der Waals surface area contributed by atoms with Crippen LogP contribution in [0.3, 0.4) is 0 Å². The van der Waals surface area contributed by atoms with Crippen molar-refractivity contribution in [1.29, 1.82) is 5.26 Å². The molecule has 1 aromatic rings. The van der Waals surface area contributed by atoms with Gasteiger partial charge in [0.15, 0.2) is 0 Å². The fourth-order valence-electron chi connectivity index (χ4n) is 3.20. The van der Waals surface area contributed by atoms with Gasteiger partial charge in [0.2, 0.25) is 11.1 Å². The van der Waals surface area contributed by atoms with E-state index in [1.165, 1.54) is 11.8 Å². The second-order valence-electron chi connectivity index (χ2n) is 6.51. The summed E-state index contributed by atoms with van der Waals surface area (Å²) in [6.45, 7) is 1.52. The fourth-order valence-corrected chi connectivity index (χ4v) is 7.51. The number of carbonyl (C=O) groups excluding carboxylic acids is 2. The quantitative estimate of drug-likeness (QED) is 0.181. The van der Waals surface area contributed by atoms with Crippen LogP contribution in [0.1, 0.15) is 13.3 Å². The molecule has 3 rings (SSSR count). The highest BCUT2D eigenvalue weighted by molar-refractivity contribution is 8.01. The number of tetrazole rings is 1. The topological polar surface area (TPSA) is 211 Å². The molecule has 0 radical (unpaired) electrons. The van der Waals surface area contributed by atoms with Crippen molar-refractivity contribution in [2.75, 3.05) is 18.5 Å². The maximum atomic E-state index is 12.7. The third-order valence-electron chi connectivity index (χ3n) is 4.45. The van der Waals surface area contributed by atoms with E-state index in [2.05, 4.69) is 25.9 Å². The first-order valence-electron chi connectivity index (χ1n) is 9.12. The summed E-state index contributed by atoms with van der Waals surface area (Å²) in [4.78, 5) is 47.7. The predicted octanol–water partition coefficient (Wildman–Crippen LogP) is -0.465. The van der Waals surface area contributed by atoms with E-state index in [4.69, 9.17) is 9.79 Å². The van der Waals surface area contributed by atoms with Gasteiger partial charge < -0.3 is 19.8 Å². The zero-order chi connectivity index (χ0) is 23.5. The van der Waals surface area contributed by atoms with Crippen molar-refractivity contribution in [2.45, 2.75) is 35.2 Å². The van der Waals surface area contributed by atoms with Gasteiger partial charge in [-0.25, -0.2) is 4.79 Å². The number of H-pyrrole nitrogens is 1. The first-order valence-corrected chi connectivity index (χ1v) is 12.8. The Morgan fingerprint density at radius 2 is 2.31 bits per heavy atom. The van der Waals surface area contributed by atoms with Crippen molar-refractivity contribution in [2.24, 2.45) is 0 Å². The number of hydrogen-bond donors (Lipinski definition) is 4. The van der Waals surface area contributed by atoms with Crippen molar-refractivity contribution in [3.8, 4) is 6.07 Å². The lowest BCUT2D eigenvalue weighted by Gasteiger charge is -2.50. The zero-order valence-corrected chi connectivity index (χ0v) is 19.0. The van der Waals surface area contributed by atoms with Gasteiger partial charge in [0.05, 0.1) is 18.8 Å². The highest BCUT2D eigenvalue weighted by Crippen LogP contribution is 2.50. The lowest BCUT2D eigenvalue weighted by Crippen LogP contribution is -2.70. The van der Waals surface area contributed by atoms with Crippen molar-refractivity contribution in [1.82, 2.24) is 30.8 Å². The molecule has 2 aliphatic rings. The van der Waals surface area contributed by atoms with Gasteiger partial charge in [0.25, 0.3) is 5.91 Å². The van der Waals surface area contributed by atoms with E-state index >= 15 is 0 Å². The van der Waals surface area contributed by atoms with Crippen LogP contribution in [0.25, 0.3) is 0 Å². The lowest BCUT2D eigenvalue weighted by atomic mass is 10.0. The van der Waals surface area contributed by atoms with Crippen LogP contribution in [0.4, 0.5) is 0 Å². The normalized spacial score (nSPS) is 22.9. The van der Waals surface area contributed by atoms with Crippen LogP contribution >= 0.6 is 31.1 Å². The minimum Gasteiger partial charge on any atom is -0.477 e. The third kappa shape index (κ3) is 5.13. The molecule has 3 heterocycles. The number of carbonyl (C=O) groups is 3. The fraction of sp³-hybridized carbons (Fsp3) is 0.533. The third-order valence-corrected chi connectivity index (χ3v) is 8.60. The van der Waals surface area contributed by atoms with Crippen LogP contribution in [-0.4, -0.2) is 88.5 Å². The molecule has 0 aromatic carbocycles. The molecule has 0 aliphatic carbocycles. The van der Waals surface area contributed by atoms with E-state index in [0.717, 1.165) is 16.7 Å². The van der Waals surface area contributed by atoms with Gasteiger partial charge in [0.1, 0.15) is 23.5 Å². The van der Waals surface area contributed by atoms with Crippen LogP contribution in [0.2, 0.25) is 0 Å². The van der Waals surface area contributed by atoms with Crippen molar-refractivity contribution >= 4 is 48.9 Å². The Morgan fingerprint density at radius 1 is 1.56 bits per heavy atom. The smallest absolute Gasteiger partial charge is 0.352 e. The molecule has 0 spiro atoms. The number of nitrogens with one attached hydrogen (secondary N) is 2. The van der Waals surface area contributed by atoms with Gasteiger partial charge in [-0.3, -0.25) is 19.1 Å². The number of fused-ring (bicyclic) bond motifs is 1. The Balaban J connectivity index is 1.93. The number of aromatic nitrogens is 4. The number of rotatable bonds is 10. The molecule has 2 amide bonds. The second-order valence-corrected chi connectivity index (χ2v) is 10.7. The van der Waals surface area contributed by atoms with Crippen LogP contribution in [0, 0.1) is 11.3 Å². The summed E-state index contributed by atoms with van der Waals surface area (Å²) in [5.74, 6) is -2.59. The Kier molecular flexibility index (Phi) is 7.57. The van der Waals surface area contributed by atoms with Gasteiger partial charge in [-0.15, -0.1) is 22.0 Å². The summed E-state index contributed by atoms with van der Waals surface area (Å²) in [6, 6.07) is 0.713. The Labute approximate surface area is 189 Å². The first kappa shape index (κ1) is 24.2. The molecular formula is C15H18N7O7PS2. The molecule has 0 bridgehead atoms. The predicted molar refractivity (Wildman–Crippen MR) is 110 cm³/mol. The van der Waals surface area contributed by atoms with E-state index in [-0.39, 0.29) is 28.8 Å². The molecule has 1 aromatic heterocycles. The zero-order valence-electron chi connectivity index (χ0n) is 16.5. The van der Waals surface area contributed by atoms with Crippen LogP contribution < -0.4 is 5.32 Å². The van der Waals surface area contributed by atoms with Crippen LogP contribution in [0.15, 0.2) is 16.4 Å². The number of aliphatic carboxylic acids is 1. The Bertz CT molecular complexity index is 1030. The number of thioether (sulfide) groups is 2. The van der Waals surface area contributed by atoms with Gasteiger partial charge in [-0.2, -0.15) is 10.5 Å². The highest BCUT2D eigenvalue weighted by Gasteiger charge is 2.55. The van der Waals surface area contributed by atoms with E-state index in [1.54, 1.807) is 13.0 Å². The van der Waals surface area contributed by atoms with Gasteiger partial charge in [-0.1, -0.05) is 11.8 Å². The molecule has 17 heteroatoms. The average Bonchev–Trinajstić information content (AvgIpc) is 3.23. The number of β-lactam (4-membered cyclic amide) rings is 1. The number of carboxylic acids is 1. The molecule has 1 saturated heterocycles. The summed E-state index contributed by atoms with van der Waals surface area (Å²) in [6.07, 6.45) is -0.873. The number of carboxylic acid groups (broad SMARTS) is 1. The van der Waals surface area contributed by atoms with E-state index in [1.807, 2.05) is 0 Å². The summed E-state index contributed by atoms with van der Waals surface area (Å²) in [5, 5.41) is 32.7. The Hall–Kier alpha value is -2.44. The molecule has 14 nitrogen and oxygen atoms in total. The molecule has 1 fully saturated rings. The monoisotopic (exact) mass is 503 g/mol.